The fourth-order valence-corrected chi connectivity index (χ4v) is 4.38. The van der Waals surface area contributed by atoms with E-state index in [4.69, 9.17) is 4.74 Å². The maximum Gasteiger partial charge on any atom is 0.257 e. The summed E-state index contributed by atoms with van der Waals surface area (Å²) in [6, 6.07) is 11.3. The van der Waals surface area contributed by atoms with Gasteiger partial charge in [-0.05, 0) is 55.7 Å². The van der Waals surface area contributed by atoms with Crippen molar-refractivity contribution in [1.29, 1.82) is 0 Å². The van der Waals surface area contributed by atoms with Gasteiger partial charge in [-0.15, -0.1) is 0 Å². The van der Waals surface area contributed by atoms with E-state index in [1.807, 2.05) is 41.8 Å². The van der Waals surface area contributed by atoms with Crippen LogP contribution in [0.3, 0.4) is 0 Å². The van der Waals surface area contributed by atoms with Gasteiger partial charge in [0, 0.05) is 22.1 Å². The maximum atomic E-state index is 13.1. The first-order valence-corrected chi connectivity index (χ1v) is 10.0. The molecule has 1 aliphatic rings. The van der Waals surface area contributed by atoms with Crippen molar-refractivity contribution in [3.05, 3.63) is 74.0 Å². The molecule has 0 radical (unpaired) electrons. The molecule has 1 N–H and O–H groups in total. The van der Waals surface area contributed by atoms with Gasteiger partial charge in [0.2, 0.25) is 5.43 Å². The highest BCUT2D eigenvalue weighted by atomic mass is 79.9. The van der Waals surface area contributed by atoms with Crippen LogP contribution in [0, 0.1) is 0 Å². The molecule has 0 saturated heterocycles. The lowest BCUT2D eigenvalue weighted by Crippen LogP contribution is -2.31. The molecule has 1 aromatic heterocycles. The molecule has 5 nitrogen and oxygen atoms in total. The Balaban J connectivity index is 1.70. The van der Waals surface area contributed by atoms with Crippen LogP contribution >= 0.6 is 15.9 Å². The number of ether oxygens (including phenoxy) is 1. The number of aromatic nitrogens is 1. The number of halogens is 1. The lowest BCUT2D eigenvalue weighted by molar-refractivity contribution is 0.0938. The van der Waals surface area contributed by atoms with E-state index in [9.17, 15) is 9.59 Å². The minimum Gasteiger partial charge on any atom is -0.497 e. The first kappa shape index (κ1) is 18.7. The summed E-state index contributed by atoms with van der Waals surface area (Å²) in [5, 5.41) is 3.53. The Kier molecular flexibility index (Phi) is 4.75. The van der Waals surface area contributed by atoms with Crippen LogP contribution in [0.2, 0.25) is 0 Å². The molecule has 0 bridgehead atoms. The monoisotopic (exact) mass is 440 g/mol. The summed E-state index contributed by atoms with van der Waals surface area (Å²) in [6.07, 6.45) is 2.55. The Labute approximate surface area is 171 Å². The van der Waals surface area contributed by atoms with Gasteiger partial charge in [0.05, 0.1) is 18.7 Å². The average Bonchev–Trinajstić information content (AvgIpc) is 2.99. The Hall–Kier alpha value is -2.60. The van der Waals surface area contributed by atoms with Crippen LogP contribution in [0.4, 0.5) is 0 Å². The molecule has 0 spiro atoms. The number of methoxy groups -OCH3 is 1. The molecule has 2 atom stereocenters. The number of hydrogen-bond donors (Lipinski definition) is 1. The number of carbonyl (C=O) groups excluding carboxylic acids is 1. The van der Waals surface area contributed by atoms with Crippen LogP contribution in [0.1, 0.15) is 47.4 Å². The molecule has 0 saturated carbocycles. The predicted octanol–water partition coefficient (Wildman–Crippen LogP) is 4.38. The summed E-state index contributed by atoms with van der Waals surface area (Å²) < 4.78 is 8.08. The fraction of sp³-hybridized carbons (Fsp3) is 0.273. The Morgan fingerprint density at radius 1 is 1.29 bits per heavy atom. The number of amides is 1. The van der Waals surface area contributed by atoms with Gasteiger partial charge in [-0.3, -0.25) is 9.59 Å². The molecule has 6 heteroatoms. The summed E-state index contributed by atoms with van der Waals surface area (Å²) in [7, 11) is 1.61. The molecule has 2 heterocycles. The molecular weight excluding hydrogens is 420 g/mol. The van der Waals surface area contributed by atoms with Gasteiger partial charge >= 0.3 is 0 Å². The van der Waals surface area contributed by atoms with E-state index in [2.05, 4.69) is 28.2 Å². The Bertz CT molecular complexity index is 1140. The highest BCUT2D eigenvalue weighted by molar-refractivity contribution is 9.10. The van der Waals surface area contributed by atoms with Gasteiger partial charge in [0.25, 0.3) is 5.91 Å². The zero-order valence-corrected chi connectivity index (χ0v) is 17.5. The van der Waals surface area contributed by atoms with Crippen LogP contribution in [-0.2, 0) is 6.42 Å². The second-order valence-corrected chi connectivity index (χ2v) is 8.18. The second kappa shape index (κ2) is 7.09. The van der Waals surface area contributed by atoms with Crippen molar-refractivity contribution >= 4 is 32.7 Å². The molecule has 2 aromatic carbocycles. The van der Waals surface area contributed by atoms with Crippen LogP contribution < -0.4 is 15.5 Å². The van der Waals surface area contributed by atoms with Gasteiger partial charge < -0.3 is 14.6 Å². The number of carbonyl (C=O) groups is 1. The normalized spacial score (nSPS) is 16.2. The molecule has 1 aliphatic heterocycles. The van der Waals surface area contributed by atoms with E-state index < -0.39 is 0 Å². The molecule has 0 aliphatic carbocycles. The predicted molar refractivity (Wildman–Crippen MR) is 113 cm³/mol. The number of nitrogens with one attached hydrogen (secondary N) is 1. The van der Waals surface area contributed by atoms with Crippen molar-refractivity contribution in [2.75, 3.05) is 7.11 Å². The number of pyridine rings is 1. The van der Waals surface area contributed by atoms with E-state index in [0.717, 1.165) is 33.3 Å². The summed E-state index contributed by atoms with van der Waals surface area (Å²) in [4.78, 5) is 26.0. The lowest BCUT2D eigenvalue weighted by atomic mass is 10.1. The zero-order valence-electron chi connectivity index (χ0n) is 16.0. The third-order valence-electron chi connectivity index (χ3n) is 5.37. The number of benzene rings is 2. The van der Waals surface area contributed by atoms with E-state index in [0.29, 0.717) is 5.39 Å². The van der Waals surface area contributed by atoms with Crippen molar-refractivity contribution in [3.8, 4) is 5.75 Å². The maximum absolute atomic E-state index is 13.1. The van der Waals surface area contributed by atoms with Gasteiger partial charge in [-0.2, -0.15) is 0 Å². The quantitative estimate of drug-likeness (QED) is 0.654. The number of rotatable bonds is 4. The SMILES string of the molecule is COc1ccc([C@@H](C)NC(=O)c2cn3c4c(cc(Br)cc4c2=O)C[C@H]3C)cc1. The second-order valence-electron chi connectivity index (χ2n) is 7.26. The largest absolute Gasteiger partial charge is 0.497 e. The topological polar surface area (TPSA) is 60.3 Å². The minimum absolute atomic E-state index is 0.172. The molecule has 28 heavy (non-hydrogen) atoms. The van der Waals surface area contributed by atoms with Crippen molar-refractivity contribution in [3.63, 3.8) is 0 Å². The van der Waals surface area contributed by atoms with Gasteiger partial charge in [-0.1, -0.05) is 28.1 Å². The molecule has 0 fully saturated rings. The minimum atomic E-state index is -0.361. The smallest absolute Gasteiger partial charge is 0.257 e. The molecule has 4 rings (SSSR count). The van der Waals surface area contributed by atoms with Crippen molar-refractivity contribution in [2.24, 2.45) is 0 Å². The number of nitrogens with zero attached hydrogens (tertiary/aromatic N) is 1. The first-order valence-electron chi connectivity index (χ1n) is 9.21. The van der Waals surface area contributed by atoms with Crippen molar-refractivity contribution < 1.29 is 9.53 Å². The Morgan fingerprint density at radius 2 is 2.00 bits per heavy atom. The van der Waals surface area contributed by atoms with Crippen LogP contribution in [0.5, 0.6) is 5.75 Å². The number of hydrogen-bond acceptors (Lipinski definition) is 3. The van der Waals surface area contributed by atoms with Gasteiger partial charge in [0.15, 0.2) is 0 Å². The standard InChI is InChI=1S/C22H21BrN2O3/c1-12-8-15-9-16(23)10-18-20(15)25(12)11-19(21(18)26)22(27)24-13(2)14-4-6-17(28-3)7-5-14/h4-7,9-13H,8H2,1-3H3,(H,24,27)/t12-,13-/m1/s1. The molecule has 1 amide bonds. The summed E-state index contributed by atoms with van der Waals surface area (Å²) in [5.41, 5.74) is 2.94. The Morgan fingerprint density at radius 3 is 2.68 bits per heavy atom. The summed E-state index contributed by atoms with van der Waals surface area (Å²) >= 11 is 3.49. The fourth-order valence-electron chi connectivity index (χ4n) is 3.87. The average molecular weight is 441 g/mol. The third-order valence-corrected chi connectivity index (χ3v) is 5.83. The van der Waals surface area contributed by atoms with Crippen molar-refractivity contribution in [2.45, 2.75) is 32.4 Å². The zero-order chi connectivity index (χ0) is 20.0. The van der Waals surface area contributed by atoms with E-state index in [-0.39, 0.29) is 29.0 Å². The first-order chi connectivity index (χ1) is 13.4. The van der Waals surface area contributed by atoms with Gasteiger partial charge in [0.1, 0.15) is 11.3 Å². The highest BCUT2D eigenvalue weighted by Crippen LogP contribution is 2.33. The van der Waals surface area contributed by atoms with E-state index in [1.165, 1.54) is 0 Å². The summed E-state index contributed by atoms with van der Waals surface area (Å²) in [6.45, 7) is 3.99. The van der Waals surface area contributed by atoms with Crippen LogP contribution in [0.15, 0.2) is 51.9 Å². The van der Waals surface area contributed by atoms with E-state index >= 15 is 0 Å². The summed E-state index contributed by atoms with van der Waals surface area (Å²) in [5.74, 6) is 0.396. The van der Waals surface area contributed by atoms with E-state index in [1.54, 1.807) is 19.4 Å². The third kappa shape index (κ3) is 3.11. The van der Waals surface area contributed by atoms with Crippen LogP contribution in [0.25, 0.3) is 10.9 Å². The van der Waals surface area contributed by atoms with Crippen LogP contribution in [-0.4, -0.2) is 17.6 Å². The van der Waals surface area contributed by atoms with Gasteiger partial charge in [-0.25, -0.2) is 0 Å². The highest BCUT2D eigenvalue weighted by Gasteiger charge is 2.25. The molecule has 3 aromatic rings. The lowest BCUT2D eigenvalue weighted by Gasteiger charge is -2.16. The van der Waals surface area contributed by atoms with Crippen molar-refractivity contribution in [1.82, 2.24) is 9.88 Å². The molecule has 0 unspecified atom stereocenters. The molecular formula is C22H21BrN2O3. The molecule has 144 valence electrons.